The summed E-state index contributed by atoms with van der Waals surface area (Å²) in [5.41, 5.74) is -0.115. The average molecular weight is 590 g/mol. The molecule has 12 heteroatoms. The van der Waals surface area contributed by atoms with E-state index in [0.717, 1.165) is 11.6 Å². The van der Waals surface area contributed by atoms with Crippen molar-refractivity contribution in [2.45, 2.75) is 46.1 Å². The molecule has 0 aliphatic heterocycles. The van der Waals surface area contributed by atoms with Crippen molar-refractivity contribution in [3.05, 3.63) is 92.1 Å². The van der Waals surface area contributed by atoms with E-state index in [-0.39, 0.29) is 28.5 Å². The number of benzene rings is 1. The van der Waals surface area contributed by atoms with Crippen LogP contribution in [0.2, 0.25) is 0 Å². The maximum atomic E-state index is 13.4. The second-order valence-electron chi connectivity index (χ2n) is 9.05. The number of hydrogen-bond donors (Lipinski definition) is 1. The zero-order chi connectivity index (χ0) is 27.8. The van der Waals surface area contributed by atoms with Crippen molar-refractivity contribution in [1.82, 2.24) is 24.5 Å². The number of pyridine rings is 1. The molecule has 0 aliphatic carbocycles. The monoisotopic (exact) mass is 589 g/mol. The van der Waals surface area contributed by atoms with Gasteiger partial charge >= 0.3 is 6.18 Å². The van der Waals surface area contributed by atoms with Crippen LogP contribution in [-0.4, -0.2) is 29.6 Å². The van der Waals surface area contributed by atoms with E-state index >= 15 is 0 Å². The molecule has 4 aromatic rings. The average Bonchev–Trinajstić information content (AvgIpc) is 2.86. The van der Waals surface area contributed by atoms with Crippen molar-refractivity contribution in [2.75, 3.05) is 0 Å². The van der Waals surface area contributed by atoms with Crippen molar-refractivity contribution < 1.29 is 23.0 Å². The number of alkyl halides is 3. The Labute approximate surface area is 224 Å². The van der Waals surface area contributed by atoms with Gasteiger partial charge in [0.15, 0.2) is 5.82 Å². The molecule has 0 aliphatic rings. The van der Waals surface area contributed by atoms with Crippen molar-refractivity contribution in [1.29, 1.82) is 0 Å². The topological polar surface area (TPSA) is 103 Å². The smallest absolute Gasteiger partial charge is 0.433 e. The van der Waals surface area contributed by atoms with Crippen molar-refractivity contribution in [3.63, 3.8) is 0 Å². The van der Waals surface area contributed by atoms with E-state index in [2.05, 4.69) is 35.9 Å². The van der Waals surface area contributed by atoms with Crippen LogP contribution in [0.25, 0.3) is 16.9 Å². The first-order valence-corrected chi connectivity index (χ1v) is 12.2. The Bertz CT molecular complexity index is 1570. The minimum Gasteiger partial charge on any atom is -0.470 e. The fourth-order valence-corrected chi connectivity index (χ4v) is 4.03. The van der Waals surface area contributed by atoms with E-state index in [9.17, 15) is 23.1 Å². The summed E-state index contributed by atoms with van der Waals surface area (Å²) in [6.07, 6.45) is -3.03. The molecular formula is C26H23BrF3N5O3. The summed E-state index contributed by atoms with van der Waals surface area (Å²) in [6.45, 7) is 6.32. The molecule has 0 saturated heterocycles. The Morgan fingerprint density at radius 3 is 2.47 bits per heavy atom. The normalized spacial score (nSPS) is 12.0. The molecule has 3 heterocycles. The zero-order valence-electron chi connectivity index (χ0n) is 20.8. The van der Waals surface area contributed by atoms with Crippen LogP contribution in [0.5, 0.6) is 5.88 Å². The summed E-state index contributed by atoms with van der Waals surface area (Å²) < 4.78 is 45.9. The molecular weight excluding hydrogens is 567 g/mol. The molecule has 0 atom stereocenters. The third-order valence-corrected chi connectivity index (χ3v) is 6.25. The summed E-state index contributed by atoms with van der Waals surface area (Å²) in [6, 6.07) is 10.7. The number of aliphatic hydroxyl groups is 1. The van der Waals surface area contributed by atoms with Gasteiger partial charge in [-0.15, -0.1) is 0 Å². The molecule has 0 saturated carbocycles. The number of ether oxygens (including phenoxy) is 1. The highest BCUT2D eigenvalue weighted by atomic mass is 79.9. The van der Waals surface area contributed by atoms with Crippen LogP contribution in [0.4, 0.5) is 13.2 Å². The first-order chi connectivity index (χ1) is 17.8. The minimum atomic E-state index is -4.58. The largest absolute Gasteiger partial charge is 0.470 e. The van der Waals surface area contributed by atoms with Crippen LogP contribution in [0.1, 0.15) is 42.4 Å². The van der Waals surface area contributed by atoms with Crippen LogP contribution in [-0.2, 0) is 18.4 Å². The molecule has 0 fully saturated rings. The molecule has 8 nitrogen and oxygen atoms in total. The van der Waals surface area contributed by atoms with E-state index in [0.29, 0.717) is 22.8 Å². The van der Waals surface area contributed by atoms with Gasteiger partial charge in [0.2, 0.25) is 5.88 Å². The number of aryl methyl sites for hydroxylation is 2. The highest BCUT2D eigenvalue weighted by Gasteiger charge is 2.32. The lowest BCUT2D eigenvalue weighted by Crippen LogP contribution is -2.24. The third-order valence-electron chi connectivity index (χ3n) is 5.57. The number of rotatable bonds is 6. The predicted octanol–water partition coefficient (Wildman–Crippen LogP) is 5.29. The number of aromatic nitrogens is 5. The van der Waals surface area contributed by atoms with Gasteiger partial charge in [-0.3, -0.25) is 9.36 Å². The lowest BCUT2D eigenvalue weighted by atomic mass is 10.1. The lowest BCUT2D eigenvalue weighted by Gasteiger charge is -2.17. The standard InChI is InChI=1S/C26H23BrF3N5O3/c1-14-8-9-16(18-10-11-31-24(34-18)25(3,4)37)12-19(14)35-15(2)32-22(21(27)23(35)36)38-13-17-6-5-7-20(33-17)26(28,29)30/h5-12,37H,13H2,1-4H3. The predicted molar refractivity (Wildman–Crippen MR) is 137 cm³/mol. The number of nitrogens with zero attached hydrogens (tertiary/aromatic N) is 5. The second kappa shape index (κ2) is 10.3. The summed E-state index contributed by atoms with van der Waals surface area (Å²) >= 11 is 3.23. The van der Waals surface area contributed by atoms with Crippen molar-refractivity contribution in [2.24, 2.45) is 0 Å². The maximum absolute atomic E-state index is 13.4. The number of halogens is 4. The van der Waals surface area contributed by atoms with Crippen molar-refractivity contribution >= 4 is 15.9 Å². The third kappa shape index (κ3) is 5.76. The molecule has 1 aromatic carbocycles. The van der Waals surface area contributed by atoms with Crippen LogP contribution >= 0.6 is 15.9 Å². The summed E-state index contributed by atoms with van der Waals surface area (Å²) in [7, 11) is 0. The van der Waals surface area contributed by atoms with Crippen LogP contribution < -0.4 is 10.3 Å². The van der Waals surface area contributed by atoms with Crippen LogP contribution in [0, 0.1) is 13.8 Å². The van der Waals surface area contributed by atoms with Gasteiger partial charge in [0.25, 0.3) is 5.56 Å². The summed E-state index contributed by atoms with van der Waals surface area (Å²) in [4.78, 5) is 29.9. The first-order valence-electron chi connectivity index (χ1n) is 11.4. The maximum Gasteiger partial charge on any atom is 0.433 e. The van der Waals surface area contributed by atoms with E-state index in [4.69, 9.17) is 4.74 Å². The molecule has 0 bridgehead atoms. The van der Waals surface area contributed by atoms with Crippen LogP contribution in [0.15, 0.2) is 57.9 Å². The molecule has 4 rings (SSSR count). The summed E-state index contributed by atoms with van der Waals surface area (Å²) in [5, 5.41) is 10.3. The van der Waals surface area contributed by atoms with Gasteiger partial charge in [0, 0.05) is 11.8 Å². The van der Waals surface area contributed by atoms with Gasteiger partial charge in [0.1, 0.15) is 28.2 Å². The Hall–Kier alpha value is -3.64. The fourth-order valence-electron chi connectivity index (χ4n) is 3.65. The second-order valence-corrected chi connectivity index (χ2v) is 9.84. The Morgan fingerprint density at radius 1 is 1.05 bits per heavy atom. The molecule has 0 radical (unpaired) electrons. The highest BCUT2D eigenvalue weighted by molar-refractivity contribution is 9.10. The number of hydrogen-bond acceptors (Lipinski definition) is 7. The zero-order valence-corrected chi connectivity index (χ0v) is 22.4. The van der Waals surface area contributed by atoms with Crippen LogP contribution in [0.3, 0.4) is 0 Å². The molecule has 0 amide bonds. The van der Waals surface area contributed by atoms with Gasteiger partial charge in [0.05, 0.1) is 17.1 Å². The minimum absolute atomic E-state index is 0.00577. The molecule has 1 N–H and O–H groups in total. The molecule has 3 aromatic heterocycles. The van der Waals surface area contributed by atoms with Crippen molar-refractivity contribution in [3.8, 4) is 22.8 Å². The van der Waals surface area contributed by atoms with Gasteiger partial charge in [-0.25, -0.2) is 15.0 Å². The lowest BCUT2D eigenvalue weighted by molar-refractivity contribution is -0.141. The first kappa shape index (κ1) is 27.4. The van der Waals surface area contributed by atoms with Gasteiger partial charge in [-0.1, -0.05) is 18.2 Å². The Morgan fingerprint density at radius 2 is 1.79 bits per heavy atom. The summed E-state index contributed by atoms with van der Waals surface area (Å²) in [5.74, 6) is 0.486. The highest BCUT2D eigenvalue weighted by Crippen LogP contribution is 2.29. The Balaban J connectivity index is 1.69. The van der Waals surface area contributed by atoms with E-state index in [1.54, 1.807) is 39.1 Å². The molecule has 38 heavy (non-hydrogen) atoms. The quantitative estimate of drug-likeness (QED) is 0.326. The van der Waals surface area contributed by atoms with Gasteiger partial charge in [-0.05, 0) is 73.5 Å². The van der Waals surface area contributed by atoms with Gasteiger partial charge < -0.3 is 9.84 Å². The molecule has 198 valence electrons. The molecule has 0 spiro atoms. The van der Waals surface area contributed by atoms with E-state index < -0.39 is 23.0 Å². The SMILES string of the molecule is Cc1ccc(-c2ccnc(C(C)(C)O)n2)cc1-n1c(C)nc(OCc2cccc(C(F)(F)F)n2)c(Br)c1=O. The van der Waals surface area contributed by atoms with E-state index in [1.807, 2.05) is 19.1 Å². The fraction of sp³-hybridized carbons (Fsp3) is 0.269. The van der Waals surface area contributed by atoms with E-state index in [1.165, 1.54) is 16.7 Å². The Kier molecular flexibility index (Phi) is 7.39. The molecule has 0 unspecified atom stereocenters. The van der Waals surface area contributed by atoms with Gasteiger partial charge in [-0.2, -0.15) is 18.2 Å².